The number of rotatable bonds is 10. The third-order valence-corrected chi connectivity index (χ3v) is 7.55. The minimum absolute atomic E-state index is 0.0233. The molecular formula is C26H42N4O4. The molecule has 8 nitrogen and oxygen atoms in total. The number of nitrogens with one attached hydrogen (secondary N) is 2. The van der Waals surface area contributed by atoms with Crippen molar-refractivity contribution in [2.24, 2.45) is 29.1 Å². The van der Waals surface area contributed by atoms with E-state index in [4.69, 9.17) is 4.74 Å². The molecule has 190 valence electrons. The summed E-state index contributed by atoms with van der Waals surface area (Å²) in [6.45, 7) is 14.5. The van der Waals surface area contributed by atoms with Crippen LogP contribution in [0.15, 0.2) is 12.3 Å². The van der Waals surface area contributed by atoms with Gasteiger partial charge in [0.2, 0.25) is 11.8 Å². The van der Waals surface area contributed by atoms with E-state index in [2.05, 4.69) is 29.6 Å². The quantitative estimate of drug-likeness (QED) is 0.482. The molecular weight excluding hydrogens is 432 g/mol. The highest BCUT2D eigenvalue weighted by atomic mass is 16.5. The normalized spacial score (nSPS) is 25.8. The Bertz CT molecular complexity index is 918. The van der Waals surface area contributed by atoms with Crippen LogP contribution < -0.4 is 15.4 Å². The number of nitrogens with zero attached hydrogens (tertiary/aromatic N) is 2. The van der Waals surface area contributed by atoms with E-state index in [1.165, 1.54) is 6.92 Å². The molecule has 8 heteroatoms. The smallest absolute Gasteiger partial charge is 0.258 e. The first-order chi connectivity index (χ1) is 15.9. The first-order valence-electron chi connectivity index (χ1n) is 12.5. The van der Waals surface area contributed by atoms with Gasteiger partial charge in [0.25, 0.3) is 5.91 Å². The van der Waals surface area contributed by atoms with Gasteiger partial charge in [-0.2, -0.15) is 5.10 Å². The highest BCUT2D eigenvalue weighted by Gasteiger charge is 2.57. The lowest BCUT2D eigenvalue weighted by Crippen LogP contribution is -2.63. The Labute approximate surface area is 203 Å². The molecule has 0 aliphatic heterocycles. The number of hydrogen-bond donors (Lipinski definition) is 3. The van der Waals surface area contributed by atoms with E-state index in [9.17, 15) is 14.7 Å². The predicted octanol–water partition coefficient (Wildman–Crippen LogP) is 3.47. The lowest BCUT2D eigenvalue weighted by molar-refractivity contribution is -0.120. The molecule has 0 spiro atoms. The van der Waals surface area contributed by atoms with Crippen LogP contribution in [0, 0.1) is 29.1 Å². The van der Waals surface area contributed by atoms with Crippen molar-refractivity contribution in [1.82, 2.24) is 20.4 Å². The van der Waals surface area contributed by atoms with Crippen molar-refractivity contribution in [3.8, 4) is 5.88 Å². The molecule has 0 aromatic carbocycles. The van der Waals surface area contributed by atoms with E-state index in [1.807, 2.05) is 33.8 Å². The average Bonchev–Trinajstić information content (AvgIpc) is 3.13. The van der Waals surface area contributed by atoms with Crippen LogP contribution in [-0.4, -0.2) is 51.5 Å². The van der Waals surface area contributed by atoms with E-state index in [0.717, 1.165) is 12.8 Å². The van der Waals surface area contributed by atoms with E-state index < -0.39 is 5.54 Å². The Balaban J connectivity index is 1.84. The minimum Gasteiger partial charge on any atom is -0.477 e. The van der Waals surface area contributed by atoms with E-state index >= 15 is 0 Å². The van der Waals surface area contributed by atoms with Crippen LogP contribution in [0.2, 0.25) is 0 Å². The number of ether oxygens (including phenoxy) is 1. The Morgan fingerprint density at radius 1 is 1.35 bits per heavy atom. The number of fused-ring (bicyclic) bond motifs is 2. The van der Waals surface area contributed by atoms with Gasteiger partial charge >= 0.3 is 0 Å². The van der Waals surface area contributed by atoms with Crippen LogP contribution in [0.1, 0.15) is 78.1 Å². The maximum absolute atomic E-state index is 13.5. The molecule has 1 heterocycles. The largest absolute Gasteiger partial charge is 0.477 e. The zero-order valence-electron chi connectivity index (χ0n) is 21.7. The number of aliphatic hydroxyl groups excluding tert-OH is 1. The molecule has 1 aromatic heterocycles. The van der Waals surface area contributed by atoms with Gasteiger partial charge in [0, 0.05) is 25.8 Å². The number of amides is 2. The number of aliphatic hydroxyl groups is 1. The van der Waals surface area contributed by atoms with Gasteiger partial charge in [-0.3, -0.25) is 9.59 Å². The maximum Gasteiger partial charge on any atom is 0.258 e. The Hall–Kier alpha value is -2.35. The molecule has 34 heavy (non-hydrogen) atoms. The molecule has 3 N–H and O–H groups in total. The van der Waals surface area contributed by atoms with Gasteiger partial charge in [-0.15, -0.1) is 0 Å². The molecule has 1 aromatic rings. The fourth-order valence-electron chi connectivity index (χ4n) is 5.57. The van der Waals surface area contributed by atoms with Gasteiger partial charge in [0.05, 0.1) is 18.3 Å². The van der Waals surface area contributed by atoms with Crippen LogP contribution in [0.25, 0.3) is 6.20 Å². The highest BCUT2D eigenvalue weighted by molar-refractivity contribution is 5.96. The molecule has 3 aliphatic rings. The summed E-state index contributed by atoms with van der Waals surface area (Å²) in [5.41, 5.74) is 0.00883. The molecule has 0 radical (unpaired) electrons. The standard InChI is InChI=1S/C26H42N4O4/c1-16(2)15-34-24-20(14-27-30(24)10-9-25(4,5)29-17(3)32)23(33)28-22-18(8-11-31)12-19-13-21(22)26(19,6)7/h9-10,14,16,18-19,21-22,31H,8,11-13,15H2,1-7H3,(H,28,33)(H,29,32)/b10-9+. The van der Waals surface area contributed by atoms with E-state index in [1.54, 1.807) is 17.1 Å². The zero-order valence-corrected chi connectivity index (χ0v) is 21.7. The summed E-state index contributed by atoms with van der Waals surface area (Å²) < 4.78 is 7.59. The van der Waals surface area contributed by atoms with Gasteiger partial charge < -0.3 is 20.5 Å². The van der Waals surface area contributed by atoms with Crippen LogP contribution in [-0.2, 0) is 4.79 Å². The Kier molecular flexibility index (Phi) is 7.80. The molecule has 0 saturated heterocycles. The topological polar surface area (TPSA) is 105 Å². The first kappa shape index (κ1) is 26.3. The van der Waals surface area contributed by atoms with Crippen molar-refractivity contribution in [1.29, 1.82) is 0 Å². The van der Waals surface area contributed by atoms with E-state index in [0.29, 0.717) is 36.3 Å². The third kappa shape index (κ3) is 5.65. The van der Waals surface area contributed by atoms with Crippen molar-refractivity contribution in [2.75, 3.05) is 13.2 Å². The number of aromatic nitrogens is 2. The molecule has 3 fully saturated rings. The number of carbonyl (C=O) groups is 2. The summed E-state index contributed by atoms with van der Waals surface area (Å²) in [7, 11) is 0. The van der Waals surface area contributed by atoms with Gasteiger partial charge in [-0.25, -0.2) is 4.68 Å². The molecule has 2 bridgehead atoms. The predicted molar refractivity (Wildman–Crippen MR) is 132 cm³/mol. The van der Waals surface area contributed by atoms with Crippen molar-refractivity contribution in [2.45, 2.75) is 79.3 Å². The van der Waals surface area contributed by atoms with Crippen LogP contribution in [0.4, 0.5) is 0 Å². The second-order valence-corrected chi connectivity index (χ2v) is 11.6. The molecule has 4 unspecified atom stereocenters. The SMILES string of the molecule is CC(=O)NC(C)(C)/C=C/n1ncc(C(=O)NC2C(CCO)CC3CC2C3(C)C)c1OCC(C)C. The lowest BCUT2D eigenvalue weighted by atomic mass is 9.44. The fourth-order valence-corrected chi connectivity index (χ4v) is 5.57. The summed E-state index contributed by atoms with van der Waals surface area (Å²) in [4.78, 5) is 25.0. The summed E-state index contributed by atoms with van der Waals surface area (Å²) >= 11 is 0. The van der Waals surface area contributed by atoms with Gasteiger partial charge in [0.15, 0.2) is 0 Å². The second kappa shape index (κ2) is 10.1. The van der Waals surface area contributed by atoms with Crippen LogP contribution >= 0.6 is 0 Å². The zero-order chi connectivity index (χ0) is 25.3. The van der Waals surface area contributed by atoms with Gasteiger partial charge in [-0.05, 0) is 68.3 Å². The highest BCUT2D eigenvalue weighted by Crippen LogP contribution is 2.61. The third-order valence-electron chi connectivity index (χ3n) is 7.55. The molecule has 4 atom stereocenters. The first-order valence-corrected chi connectivity index (χ1v) is 12.5. The Morgan fingerprint density at radius 2 is 2.06 bits per heavy atom. The average molecular weight is 475 g/mol. The lowest BCUT2D eigenvalue weighted by Gasteiger charge is -2.62. The minimum atomic E-state index is -0.582. The number of hydrogen-bond acceptors (Lipinski definition) is 5. The molecule has 3 saturated carbocycles. The van der Waals surface area contributed by atoms with Gasteiger partial charge in [-0.1, -0.05) is 27.7 Å². The molecule has 4 rings (SSSR count). The van der Waals surface area contributed by atoms with Crippen LogP contribution in [0.3, 0.4) is 0 Å². The number of carbonyl (C=O) groups excluding carboxylic acids is 2. The Morgan fingerprint density at radius 3 is 2.65 bits per heavy atom. The fraction of sp³-hybridized carbons (Fsp3) is 0.731. The second-order valence-electron chi connectivity index (χ2n) is 11.6. The molecule has 3 aliphatic carbocycles. The van der Waals surface area contributed by atoms with Crippen molar-refractivity contribution in [3.05, 3.63) is 17.8 Å². The van der Waals surface area contributed by atoms with Crippen molar-refractivity contribution < 1.29 is 19.4 Å². The van der Waals surface area contributed by atoms with E-state index in [-0.39, 0.29) is 41.7 Å². The van der Waals surface area contributed by atoms with Crippen LogP contribution in [0.5, 0.6) is 5.88 Å². The summed E-state index contributed by atoms with van der Waals surface area (Å²) in [6, 6.07) is 0.0233. The monoisotopic (exact) mass is 474 g/mol. The summed E-state index contributed by atoms with van der Waals surface area (Å²) in [5, 5.41) is 20.1. The summed E-state index contributed by atoms with van der Waals surface area (Å²) in [5.74, 6) is 1.68. The van der Waals surface area contributed by atoms with Crippen molar-refractivity contribution in [3.63, 3.8) is 0 Å². The van der Waals surface area contributed by atoms with Crippen molar-refractivity contribution >= 4 is 18.0 Å². The molecule has 2 amide bonds. The maximum atomic E-state index is 13.5. The van der Waals surface area contributed by atoms with Gasteiger partial charge in [0.1, 0.15) is 5.56 Å². The summed E-state index contributed by atoms with van der Waals surface area (Å²) in [6.07, 6.45) is 7.94.